The molecule has 11 heteroatoms. The first-order valence-electron chi connectivity index (χ1n) is 11.1. The zero-order valence-corrected chi connectivity index (χ0v) is 18.5. The number of anilines is 1. The summed E-state index contributed by atoms with van der Waals surface area (Å²) in [6.07, 6.45) is 5.21. The third-order valence-corrected chi connectivity index (χ3v) is 6.24. The molecule has 0 radical (unpaired) electrons. The van der Waals surface area contributed by atoms with E-state index in [4.69, 9.17) is 9.47 Å². The highest BCUT2D eigenvalue weighted by Gasteiger charge is 2.44. The van der Waals surface area contributed by atoms with Crippen LogP contribution in [0.2, 0.25) is 0 Å². The second-order valence-corrected chi connectivity index (χ2v) is 8.78. The highest BCUT2D eigenvalue weighted by molar-refractivity contribution is 5.89. The topological polar surface area (TPSA) is 89.7 Å². The fourth-order valence-electron chi connectivity index (χ4n) is 4.38. The summed E-state index contributed by atoms with van der Waals surface area (Å²) in [5.74, 6) is -2.48. The molecule has 34 heavy (non-hydrogen) atoms. The third kappa shape index (κ3) is 3.80. The lowest BCUT2D eigenvalue weighted by atomic mass is 10.0. The predicted molar refractivity (Wildman–Crippen MR) is 121 cm³/mol. The van der Waals surface area contributed by atoms with Crippen molar-refractivity contribution in [3.63, 3.8) is 0 Å². The Morgan fingerprint density at radius 1 is 1.15 bits per heavy atom. The van der Waals surface area contributed by atoms with Gasteiger partial charge in [-0.1, -0.05) is 6.07 Å². The monoisotopic (exact) mass is 467 g/mol. The van der Waals surface area contributed by atoms with E-state index in [0.717, 1.165) is 22.2 Å². The molecule has 0 bridgehead atoms. The van der Waals surface area contributed by atoms with Crippen molar-refractivity contribution in [3.05, 3.63) is 42.9 Å². The Morgan fingerprint density at radius 2 is 1.97 bits per heavy atom. The van der Waals surface area contributed by atoms with E-state index in [1.165, 1.54) is 0 Å². The maximum absolute atomic E-state index is 14.6. The molecule has 1 N–H and O–H groups in total. The smallest absolute Gasteiger partial charge is 0.280 e. The minimum atomic E-state index is -2.90. The quantitative estimate of drug-likeness (QED) is 0.479. The van der Waals surface area contributed by atoms with Crippen molar-refractivity contribution in [2.45, 2.75) is 24.5 Å². The number of benzene rings is 1. The summed E-state index contributed by atoms with van der Waals surface area (Å²) >= 11 is 0. The van der Waals surface area contributed by atoms with Crippen LogP contribution in [-0.4, -0.2) is 80.9 Å². The molecule has 6 rings (SSSR count). The summed E-state index contributed by atoms with van der Waals surface area (Å²) in [6.45, 7) is 1.16. The van der Waals surface area contributed by atoms with Crippen LogP contribution in [0.5, 0.6) is 5.88 Å². The number of alkyl halides is 2. The maximum Gasteiger partial charge on any atom is 0.280 e. The number of fused-ring (bicyclic) bond motifs is 2. The standard InChI is InChI=1S/C23H23F2N7O2/c1-31-8-5-19(23(24,25)13-31)28-22-29-21(34-15-11-33-12-15)20-16(4-9-32(20)30-22)14-2-3-17-18(10-14)27-7-6-26-17/h2-4,6-7,9-10,15,19H,5,8,11-13H2,1H3,(H,28,30)/t19-/m1/s1. The number of rotatable bonds is 5. The van der Waals surface area contributed by atoms with Gasteiger partial charge in [-0.05, 0) is 37.2 Å². The lowest BCUT2D eigenvalue weighted by Crippen LogP contribution is -2.53. The normalized spacial score (nSPS) is 21.0. The molecule has 9 nitrogen and oxygen atoms in total. The fraction of sp³-hybridized carbons (Fsp3) is 0.391. The Balaban J connectivity index is 1.41. The van der Waals surface area contributed by atoms with Crippen molar-refractivity contribution < 1.29 is 18.3 Å². The van der Waals surface area contributed by atoms with Gasteiger partial charge >= 0.3 is 0 Å². The largest absolute Gasteiger partial charge is 0.468 e. The Bertz CT molecular complexity index is 1360. The van der Waals surface area contributed by atoms with E-state index in [-0.39, 0.29) is 25.0 Å². The predicted octanol–water partition coefficient (Wildman–Crippen LogP) is 2.87. The van der Waals surface area contributed by atoms with Crippen molar-refractivity contribution in [1.82, 2.24) is 29.5 Å². The van der Waals surface area contributed by atoms with Crippen LogP contribution < -0.4 is 10.1 Å². The van der Waals surface area contributed by atoms with E-state index in [2.05, 4.69) is 25.4 Å². The second-order valence-electron chi connectivity index (χ2n) is 8.78. The van der Waals surface area contributed by atoms with E-state index in [0.29, 0.717) is 31.2 Å². The summed E-state index contributed by atoms with van der Waals surface area (Å²) in [6, 6.07) is 6.64. The van der Waals surface area contributed by atoms with Crippen molar-refractivity contribution in [3.8, 4) is 17.0 Å². The third-order valence-electron chi connectivity index (χ3n) is 6.24. The van der Waals surface area contributed by atoms with Crippen molar-refractivity contribution in [2.24, 2.45) is 0 Å². The molecule has 2 aliphatic heterocycles. The fourth-order valence-corrected chi connectivity index (χ4v) is 4.38. The molecule has 176 valence electrons. The molecule has 1 atom stereocenters. The van der Waals surface area contributed by atoms with Crippen molar-refractivity contribution in [2.75, 3.05) is 38.7 Å². The van der Waals surface area contributed by atoms with Gasteiger partial charge in [0.25, 0.3) is 5.92 Å². The Kier molecular flexibility index (Phi) is 5.03. The molecule has 1 aromatic carbocycles. The lowest BCUT2D eigenvalue weighted by Gasteiger charge is -2.36. The molecule has 2 fully saturated rings. The number of nitrogens with zero attached hydrogens (tertiary/aromatic N) is 6. The first-order valence-corrected chi connectivity index (χ1v) is 11.1. The van der Waals surface area contributed by atoms with Gasteiger partial charge in [-0.2, -0.15) is 4.98 Å². The van der Waals surface area contributed by atoms with Gasteiger partial charge in [0.05, 0.1) is 36.8 Å². The van der Waals surface area contributed by atoms with E-state index >= 15 is 0 Å². The van der Waals surface area contributed by atoms with E-state index in [1.54, 1.807) is 35.1 Å². The highest BCUT2D eigenvalue weighted by Crippen LogP contribution is 2.34. The van der Waals surface area contributed by atoms with Gasteiger partial charge in [-0.15, -0.1) is 5.10 Å². The number of likely N-dealkylation sites (tertiary alicyclic amines) is 1. The Hall–Kier alpha value is -3.44. The molecular formula is C23H23F2N7O2. The summed E-state index contributed by atoms with van der Waals surface area (Å²) in [5, 5.41) is 7.34. The number of nitrogens with one attached hydrogen (secondary N) is 1. The molecule has 0 spiro atoms. The number of halogens is 2. The number of hydrogen-bond donors (Lipinski definition) is 1. The lowest BCUT2D eigenvalue weighted by molar-refractivity contribution is -0.0809. The van der Waals surface area contributed by atoms with Gasteiger partial charge in [0, 0.05) is 30.7 Å². The molecule has 3 aromatic heterocycles. The number of aromatic nitrogens is 5. The van der Waals surface area contributed by atoms with Crippen LogP contribution in [0.1, 0.15) is 6.42 Å². The zero-order chi connectivity index (χ0) is 23.3. The summed E-state index contributed by atoms with van der Waals surface area (Å²) in [7, 11) is 1.69. The van der Waals surface area contributed by atoms with Gasteiger partial charge in [-0.3, -0.25) is 9.97 Å². The minimum Gasteiger partial charge on any atom is -0.468 e. The van der Waals surface area contributed by atoms with Crippen molar-refractivity contribution >= 4 is 22.5 Å². The molecule has 0 saturated carbocycles. The minimum absolute atomic E-state index is 0.100. The maximum atomic E-state index is 14.6. The molecule has 4 aromatic rings. The Labute approximate surface area is 193 Å². The van der Waals surface area contributed by atoms with Crippen LogP contribution in [0.4, 0.5) is 14.7 Å². The number of piperidine rings is 1. The van der Waals surface area contributed by atoms with Crippen LogP contribution >= 0.6 is 0 Å². The molecule has 0 aliphatic carbocycles. The van der Waals surface area contributed by atoms with Gasteiger partial charge < -0.3 is 19.7 Å². The van der Waals surface area contributed by atoms with Gasteiger partial charge in [0.2, 0.25) is 11.8 Å². The number of ether oxygens (including phenoxy) is 2. The molecular weight excluding hydrogens is 444 g/mol. The summed E-state index contributed by atoms with van der Waals surface area (Å²) < 4.78 is 42.2. The van der Waals surface area contributed by atoms with Gasteiger partial charge in [-0.25, -0.2) is 13.3 Å². The first-order chi connectivity index (χ1) is 16.5. The number of hydrogen-bond acceptors (Lipinski definition) is 8. The van der Waals surface area contributed by atoms with E-state index < -0.39 is 12.0 Å². The van der Waals surface area contributed by atoms with Crippen LogP contribution in [0, 0.1) is 0 Å². The summed E-state index contributed by atoms with van der Waals surface area (Å²) in [4.78, 5) is 14.9. The molecule has 0 amide bonds. The molecule has 2 aliphatic rings. The molecule has 5 heterocycles. The SMILES string of the molecule is CN1CC[C@@H](Nc2nc(OC3COC3)c3c(-c4ccc5nccnc5c4)ccn3n2)C(F)(F)C1. The average molecular weight is 467 g/mol. The zero-order valence-electron chi connectivity index (χ0n) is 18.5. The van der Waals surface area contributed by atoms with Crippen LogP contribution in [0.15, 0.2) is 42.9 Å². The van der Waals surface area contributed by atoms with Crippen molar-refractivity contribution in [1.29, 1.82) is 0 Å². The van der Waals surface area contributed by atoms with Crippen LogP contribution in [0.3, 0.4) is 0 Å². The molecule has 0 unspecified atom stereocenters. The van der Waals surface area contributed by atoms with E-state index in [9.17, 15) is 8.78 Å². The van der Waals surface area contributed by atoms with Gasteiger partial charge in [0.15, 0.2) is 0 Å². The average Bonchev–Trinajstić information content (AvgIpc) is 3.21. The van der Waals surface area contributed by atoms with Crippen LogP contribution in [0.25, 0.3) is 27.7 Å². The van der Waals surface area contributed by atoms with E-state index in [1.807, 2.05) is 24.3 Å². The summed E-state index contributed by atoms with van der Waals surface area (Å²) in [5.41, 5.74) is 3.95. The first kappa shape index (κ1) is 21.1. The molecule has 2 saturated heterocycles. The van der Waals surface area contributed by atoms with Gasteiger partial charge in [0.1, 0.15) is 11.6 Å². The Morgan fingerprint density at radius 3 is 2.74 bits per heavy atom. The van der Waals surface area contributed by atoms with Crippen LogP contribution in [-0.2, 0) is 4.74 Å². The highest BCUT2D eigenvalue weighted by atomic mass is 19.3. The second kappa shape index (κ2) is 8.10.